The second-order valence-corrected chi connectivity index (χ2v) is 3.97. The van der Waals surface area contributed by atoms with Crippen molar-refractivity contribution in [3.63, 3.8) is 0 Å². The molecule has 0 amide bonds. The fourth-order valence-corrected chi connectivity index (χ4v) is 0.939. The topological polar surface area (TPSA) is 59.7 Å². The number of furan rings is 1. The molecule has 0 saturated heterocycles. The largest absolute Gasteiger partial charge is 0.475 e. The van der Waals surface area contributed by atoms with Crippen molar-refractivity contribution >= 4 is 5.97 Å². The number of ether oxygens (including phenoxy) is 1. The van der Waals surface area contributed by atoms with E-state index in [0.717, 1.165) is 6.42 Å². The third kappa shape index (κ3) is 3.40. The Balaban J connectivity index is 2.55. The Labute approximate surface area is 88.8 Å². The van der Waals surface area contributed by atoms with Crippen molar-refractivity contribution in [3.05, 3.63) is 23.7 Å². The second kappa shape index (κ2) is 4.49. The summed E-state index contributed by atoms with van der Waals surface area (Å²) in [7, 11) is 0. The maximum atomic E-state index is 10.5. The lowest BCUT2D eigenvalue weighted by Gasteiger charge is -2.22. The number of carbonyl (C=O) groups is 1. The zero-order chi connectivity index (χ0) is 11.5. The maximum Gasteiger partial charge on any atom is 0.371 e. The molecule has 0 fully saturated rings. The van der Waals surface area contributed by atoms with Crippen molar-refractivity contribution < 1.29 is 19.1 Å². The summed E-state index contributed by atoms with van der Waals surface area (Å²) in [6, 6.07) is 3.05. The van der Waals surface area contributed by atoms with Gasteiger partial charge < -0.3 is 14.3 Å². The molecule has 0 unspecified atom stereocenters. The summed E-state index contributed by atoms with van der Waals surface area (Å²) < 4.78 is 10.6. The van der Waals surface area contributed by atoms with Crippen molar-refractivity contribution in [3.8, 4) is 0 Å². The molecule has 0 aliphatic heterocycles. The van der Waals surface area contributed by atoms with Gasteiger partial charge in [-0.1, -0.05) is 6.92 Å². The summed E-state index contributed by atoms with van der Waals surface area (Å²) in [6.45, 7) is 6.29. The average Bonchev–Trinajstić information content (AvgIpc) is 2.63. The number of aromatic carboxylic acids is 1. The maximum absolute atomic E-state index is 10.5. The van der Waals surface area contributed by atoms with E-state index >= 15 is 0 Å². The van der Waals surface area contributed by atoms with Crippen LogP contribution in [0.15, 0.2) is 16.5 Å². The lowest BCUT2D eigenvalue weighted by atomic mass is 10.1. The molecule has 15 heavy (non-hydrogen) atoms. The first-order valence-electron chi connectivity index (χ1n) is 4.90. The van der Waals surface area contributed by atoms with Crippen LogP contribution in [0.2, 0.25) is 0 Å². The van der Waals surface area contributed by atoms with Gasteiger partial charge in [-0.25, -0.2) is 4.79 Å². The van der Waals surface area contributed by atoms with E-state index in [4.69, 9.17) is 14.3 Å². The smallest absolute Gasteiger partial charge is 0.371 e. The van der Waals surface area contributed by atoms with E-state index in [9.17, 15) is 4.79 Å². The monoisotopic (exact) mass is 212 g/mol. The molecule has 0 spiro atoms. The predicted molar refractivity (Wildman–Crippen MR) is 54.8 cm³/mol. The lowest BCUT2D eigenvalue weighted by Crippen LogP contribution is -2.22. The van der Waals surface area contributed by atoms with Crippen LogP contribution in [-0.4, -0.2) is 16.7 Å². The zero-order valence-corrected chi connectivity index (χ0v) is 9.24. The molecule has 0 saturated carbocycles. The highest BCUT2D eigenvalue weighted by Gasteiger charge is 2.17. The minimum absolute atomic E-state index is 0.0529. The number of carboxylic acid groups (broad SMARTS) is 1. The molecular weight excluding hydrogens is 196 g/mol. The van der Waals surface area contributed by atoms with Gasteiger partial charge in [-0.15, -0.1) is 0 Å². The fraction of sp³-hybridized carbons (Fsp3) is 0.545. The summed E-state index contributed by atoms with van der Waals surface area (Å²) in [6.07, 6.45) is 0.888. The van der Waals surface area contributed by atoms with E-state index in [-0.39, 0.29) is 11.4 Å². The van der Waals surface area contributed by atoms with Crippen LogP contribution in [0.5, 0.6) is 0 Å². The molecule has 1 aromatic rings. The van der Waals surface area contributed by atoms with Gasteiger partial charge in [0.2, 0.25) is 5.76 Å². The van der Waals surface area contributed by atoms with Crippen LogP contribution < -0.4 is 0 Å². The second-order valence-electron chi connectivity index (χ2n) is 3.97. The quantitative estimate of drug-likeness (QED) is 0.815. The molecule has 4 nitrogen and oxygen atoms in total. The minimum Gasteiger partial charge on any atom is -0.475 e. The van der Waals surface area contributed by atoms with Crippen LogP contribution in [-0.2, 0) is 11.3 Å². The van der Waals surface area contributed by atoms with E-state index < -0.39 is 5.97 Å². The third-order valence-electron chi connectivity index (χ3n) is 2.33. The molecule has 0 radical (unpaired) electrons. The number of carboxylic acids is 1. The Morgan fingerprint density at radius 1 is 1.53 bits per heavy atom. The standard InChI is InChI=1S/C11H16O4/c1-4-11(2,3)14-7-8-5-6-9(15-8)10(12)13/h5-6H,4,7H2,1-3H3,(H,12,13). The molecular formula is C11H16O4. The highest BCUT2D eigenvalue weighted by atomic mass is 16.5. The number of hydrogen-bond acceptors (Lipinski definition) is 3. The zero-order valence-electron chi connectivity index (χ0n) is 9.24. The summed E-state index contributed by atoms with van der Waals surface area (Å²) in [5, 5.41) is 8.64. The normalized spacial score (nSPS) is 11.7. The van der Waals surface area contributed by atoms with Crippen molar-refractivity contribution in [1.29, 1.82) is 0 Å². The molecule has 1 N–H and O–H groups in total. The van der Waals surface area contributed by atoms with E-state index in [1.807, 2.05) is 20.8 Å². The Morgan fingerprint density at radius 2 is 2.20 bits per heavy atom. The van der Waals surface area contributed by atoms with Crippen LogP contribution in [0.4, 0.5) is 0 Å². The Kier molecular flexibility index (Phi) is 3.52. The summed E-state index contributed by atoms with van der Waals surface area (Å²) in [5.74, 6) is -0.576. The van der Waals surface area contributed by atoms with Gasteiger partial charge in [0.05, 0.1) is 5.60 Å². The SMILES string of the molecule is CCC(C)(C)OCc1ccc(C(=O)O)o1. The molecule has 1 rings (SSSR count). The van der Waals surface area contributed by atoms with Gasteiger partial charge in [-0.3, -0.25) is 0 Å². The molecule has 0 aromatic carbocycles. The van der Waals surface area contributed by atoms with Crippen molar-refractivity contribution in [2.24, 2.45) is 0 Å². The lowest BCUT2D eigenvalue weighted by molar-refractivity contribution is -0.0386. The van der Waals surface area contributed by atoms with E-state index in [0.29, 0.717) is 12.4 Å². The van der Waals surface area contributed by atoms with Crippen LogP contribution >= 0.6 is 0 Å². The first kappa shape index (κ1) is 11.8. The third-order valence-corrected chi connectivity index (χ3v) is 2.33. The molecule has 4 heteroatoms. The minimum atomic E-state index is -1.06. The van der Waals surface area contributed by atoms with Gasteiger partial charge in [-0.2, -0.15) is 0 Å². The molecule has 1 heterocycles. The van der Waals surface area contributed by atoms with E-state index in [1.165, 1.54) is 6.07 Å². The Hall–Kier alpha value is -1.29. The van der Waals surface area contributed by atoms with E-state index in [2.05, 4.69) is 0 Å². The molecule has 0 bridgehead atoms. The van der Waals surface area contributed by atoms with Crippen LogP contribution in [0, 0.1) is 0 Å². The molecule has 84 valence electrons. The first-order valence-corrected chi connectivity index (χ1v) is 4.90. The first-order chi connectivity index (χ1) is 6.94. The summed E-state index contributed by atoms with van der Waals surface area (Å²) in [4.78, 5) is 10.5. The van der Waals surface area contributed by atoms with Gasteiger partial charge in [0.25, 0.3) is 0 Å². The van der Waals surface area contributed by atoms with Crippen LogP contribution in [0.1, 0.15) is 43.5 Å². The van der Waals surface area contributed by atoms with Gasteiger partial charge in [-0.05, 0) is 32.4 Å². The highest BCUT2D eigenvalue weighted by Crippen LogP contribution is 2.17. The van der Waals surface area contributed by atoms with Gasteiger partial charge >= 0.3 is 5.97 Å². The van der Waals surface area contributed by atoms with E-state index in [1.54, 1.807) is 6.07 Å². The van der Waals surface area contributed by atoms with Gasteiger partial charge in [0, 0.05) is 0 Å². The van der Waals surface area contributed by atoms with Crippen LogP contribution in [0.25, 0.3) is 0 Å². The average molecular weight is 212 g/mol. The fourth-order valence-electron chi connectivity index (χ4n) is 0.939. The van der Waals surface area contributed by atoms with Gasteiger partial charge in [0.1, 0.15) is 12.4 Å². The van der Waals surface area contributed by atoms with Crippen molar-refractivity contribution in [2.45, 2.75) is 39.4 Å². The van der Waals surface area contributed by atoms with Gasteiger partial charge in [0.15, 0.2) is 0 Å². The van der Waals surface area contributed by atoms with Crippen LogP contribution in [0.3, 0.4) is 0 Å². The predicted octanol–water partition coefficient (Wildman–Crippen LogP) is 2.68. The summed E-state index contributed by atoms with van der Waals surface area (Å²) >= 11 is 0. The molecule has 0 aliphatic carbocycles. The number of rotatable bonds is 5. The molecule has 0 atom stereocenters. The number of hydrogen-bond donors (Lipinski definition) is 1. The molecule has 1 aromatic heterocycles. The Bertz CT molecular complexity index is 338. The highest BCUT2D eigenvalue weighted by molar-refractivity contribution is 5.84. The summed E-state index contributed by atoms with van der Waals surface area (Å²) in [5.41, 5.74) is -0.212. The molecule has 0 aliphatic rings. The van der Waals surface area contributed by atoms with Crippen molar-refractivity contribution in [1.82, 2.24) is 0 Å². The Morgan fingerprint density at radius 3 is 2.67 bits per heavy atom. The van der Waals surface area contributed by atoms with Crippen molar-refractivity contribution in [2.75, 3.05) is 0 Å².